The van der Waals surface area contributed by atoms with Gasteiger partial charge in [-0.1, -0.05) is 49.7 Å². The van der Waals surface area contributed by atoms with Gasteiger partial charge in [-0.2, -0.15) is 0 Å². The minimum atomic E-state index is -0.317. The number of rotatable bonds is 6. The molecule has 1 N–H and O–H groups in total. The summed E-state index contributed by atoms with van der Waals surface area (Å²) in [4.78, 5) is 32.6. The van der Waals surface area contributed by atoms with Gasteiger partial charge < -0.3 is 10.0 Å². The maximum Gasteiger partial charge on any atom is 0.282 e. The van der Waals surface area contributed by atoms with Crippen LogP contribution in [0.5, 0.6) is 0 Å². The molecule has 32 heavy (non-hydrogen) atoms. The molecule has 2 aliphatic rings. The molecule has 0 saturated carbocycles. The van der Waals surface area contributed by atoms with E-state index in [-0.39, 0.29) is 18.4 Å². The second-order valence-corrected chi connectivity index (χ2v) is 8.91. The summed E-state index contributed by atoms with van der Waals surface area (Å²) in [5.41, 5.74) is 3.26. The fourth-order valence-corrected chi connectivity index (χ4v) is 4.39. The average molecular weight is 454 g/mol. The summed E-state index contributed by atoms with van der Waals surface area (Å²) in [6.45, 7) is 7.61. The van der Waals surface area contributed by atoms with Crippen LogP contribution >= 0.6 is 11.6 Å². The van der Waals surface area contributed by atoms with E-state index >= 15 is 0 Å². The van der Waals surface area contributed by atoms with Gasteiger partial charge in [0, 0.05) is 37.7 Å². The lowest BCUT2D eigenvalue weighted by Gasteiger charge is -2.36. The Morgan fingerprint density at radius 1 is 0.906 bits per heavy atom. The van der Waals surface area contributed by atoms with Gasteiger partial charge in [0.05, 0.1) is 17.9 Å². The van der Waals surface area contributed by atoms with Crippen LogP contribution in [-0.4, -0.2) is 66.1 Å². The fourth-order valence-electron chi connectivity index (χ4n) is 4.27. The first-order chi connectivity index (χ1) is 15.4. The monoisotopic (exact) mass is 453 g/mol. The maximum atomic E-state index is 13.6. The number of anilines is 1. The van der Waals surface area contributed by atoms with Crippen molar-refractivity contribution in [3.05, 3.63) is 70.4 Å². The van der Waals surface area contributed by atoms with Crippen LogP contribution in [0.3, 0.4) is 0 Å². The Labute approximate surface area is 193 Å². The van der Waals surface area contributed by atoms with Crippen LogP contribution < -0.4 is 4.90 Å². The molecule has 2 aromatic rings. The largest absolute Gasteiger partial charge is 0.395 e. The Kier molecular flexibility index (Phi) is 6.65. The van der Waals surface area contributed by atoms with E-state index in [4.69, 9.17) is 11.6 Å². The van der Waals surface area contributed by atoms with Crippen molar-refractivity contribution in [1.82, 2.24) is 9.80 Å². The van der Waals surface area contributed by atoms with E-state index < -0.39 is 0 Å². The van der Waals surface area contributed by atoms with E-state index in [1.807, 2.05) is 29.2 Å². The molecule has 4 rings (SSSR count). The van der Waals surface area contributed by atoms with E-state index in [0.717, 1.165) is 18.7 Å². The van der Waals surface area contributed by atoms with E-state index in [2.05, 4.69) is 18.7 Å². The van der Waals surface area contributed by atoms with Crippen LogP contribution in [-0.2, 0) is 9.59 Å². The van der Waals surface area contributed by atoms with Crippen LogP contribution in [0.4, 0.5) is 5.69 Å². The van der Waals surface area contributed by atoms with Crippen LogP contribution in [0, 0.1) is 0 Å². The first-order valence-corrected chi connectivity index (χ1v) is 11.4. The third-order valence-corrected chi connectivity index (χ3v) is 6.37. The molecule has 7 heteroatoms. The van der Waals surface area contributed by atoms with Crippen molar-refractivity contribution < 1.29 is 14.7 Å². The first kappa shape index (κ1) is 22.5. The van der Waals surface area contributed by atoms with E-state index in [1.54, 1.807) is 24.3 Å². The van der Waals surface area contributed by atoms with E-state index in [0.29, 0.717) is 53.1 Å². The number of piperazine rings is 1. The maximum absolute atomic E-state index is 13.6. The number of aliphatic hydroxyl groups is 1. The summed E-state index contributed by atoms with van der Waals surface area (Å²) in [6, 6.07) is 14.7. The number of amides is 2. The summed E-state index contributed by atoms with van der Waals surface area (Å²) in [5, 5.41) is 9.79. The topological polar surface area (TPSA) is 64.1 Å². The van der Waals surface area contributed by atoms with Gasteiger partial charge in [-0.05, 0) is 41.3 Å². The lowest BCUT2D eigenvalue weighted by Crippen LogP contribution is -2.48. The van der Waals surface area contributed by atoms with Crippen LogP contribution in [0.15, 0.2) is 54.2 Å². The molecule has 2 heterocycles. The summed E-state index contributed by atoms with van der Waals surface area (Å²) in [6.07, 6.45) is 0. The average Bonchev–Trinajstić information content (AvgIpc) is 3.05. The smallest absolute Gasteiger partial charge is 0.282 e. The Balaban J connectivity index is 1.71. The zero-order valence-electron chi connectivity index (χ0n) is 18.4. The molecule has 0 spiro atoms. The molecule has 2 amide bonds. The standard InChI is InChI=1S/C25H28ClN3O3/c1-17(2)18-5-9-21(10-6-18)29-24(31)22(19-3-7-20(26)8-4-19)23(25(29)32)28-13-11-27(12-14-28)15-16-30/h3-10,17,30H,11-16H2,1-2H3. The molecule has 168 valence electrons. The van der Waals surface area contributed by atoms with Gasteiger partial charge in [0.2, 0.25) is 0 Å². The number of benzene rings is 2. The van der Waals surface area contributed by atoms with E-state index in [1.165, 1.54) is 4.90 Å². The number of halogens is 1. The van der Waals surface area contributed by atoms with Crippen LogP contribution in [0.25, 0.3) is 5.57 Å². The van der Waals surface area contributed by atoms with Gasteiger partial charge in [0.15, 0.2) is 0 Å². The number of hydrogen-bond donors (Lipinski definition) is 1. The number of imide groups is 1. The molecule has 0 aromatic heterocycles. The highest BCUT2D eigenvalue weighted by Crippen LogP contribution is 2.36. The van der Waals surface area contributed by atoms with Gasteiger partial charge in [-0.3, -0.25) is 14.5 Å². The van der Waals surface area contributed by atoms with Crippen molar-refractivity contribution in [2.75, 3.05) is 44.2 Å². The molecule has 1 fully saturated rings. The Morgan fingerprint density at radius 3 is 2.09 bits per heavy atom. The molecule has 2 aliphatic heterocycles. The molecular formula is C25H28ClN3O3. The van der Waals surface area contributed by atoms with Gasteiger partial charge in [-0.25, -0.2) is 4.90 Å². The fraction of sp³-hybridized carbons (Fsp3) is 0.360. The van der Waals surface area contributed by atoms with Crippen molar-refractivity contribution in [3.63, 3.8) is 0 Å². The van der Waals surface area contributed by atoms with E-state index in [9.17, 15) is 14.7 Å². The molecular weight excluding hydrogens is 426 g/mol. The van der Waals surface area contributed by atoms with Gasteiger partial charge in [0.25, 0.3) is 11.8 Å². The predicted molar refractivity (Wildman–Crippen MR) is 126 cm³/mol. The minimum Gasteiger partial charge on any atom is -0.395 e. The molecule has 0 aliphatic carbocycles. The Hall–Kier alpha value is -2.67. The summed E-state index contributed by atoms with van der Waals surface area (Å²) >= 11 is 6.06. The quantitative estimate of drug-likeness (QED) is 0.679. The Bertz CT molecular complexity index is 1020. The van der Waals surface area contributed by atoms with Crippen LogP contribution in [0.2, 0.25) is 5.02 Å². The van der Waals surface area contributed by atoms with Crippen molar-refractivity contribution in [1.29, 1.82) is 0 Å². The predicted octanol–water partition coefficient (Wildman–Crippen LogP) is 3.36. The zero-order chi connectivity index (χ0) is 22.8. The Morgan fingerprint density at radius 2 is 1.53 bits per heavy atom. The highest BCUT2D eigenvalue weighted by molar-refractivity contribution is 6.45. The highest BCUT2D eigenvalue weighted by atomic mass is 35.5. The lowest BCUT2D eigenvalue weighted by atomic mass is 10.0. The first-order valence-electron chi connectivity index (χ1n) is 11.0. The molecule has 0 unspecified atom stereocenters. The molecule has 6 nitrogen and oxygen atoms in total. The third-order valence-electron chi connectivity index (χ3n) is 6.12. The highest BCUT2D eigenvalue weighted by Gasteiger charge is 2.43. The second kappa shape index (κ2) is 9.45. The lowest BCUT2D eigenvalue weighted by molar-refractivity contribution is -0.120. The second-order valence-electron chi connectivity index (χ2n) is 8.47. The molecule has 0 bridgehead atoms. The molecule has 2 aromatic carbocycles. The van der Waals surface area contributed by atoms with Crippen molar-refractivity contribution in [3.8, 4) is 0 Å². The normalized spacial score (nSPS) is 17.8. The molecule has 1 saturated heterocycles. The summed E-state index contributed by atoms with van der Waals surface area (Å²) in [7, 11) is 0. The SMILES string of the molecule is CC(C)c1ccc(N2C(=O)C(c3ccc(Cl)cc3)=C(N3CCN(CCO)CC3)C2=O)cc1. The number of hydrogen-bond acceptors (Lipinski definition) is 5. The van der Waals surface area contributed by atoms with Gasteiger partial charge in [0.1, 0.15) is 5.70 Å². The summed E-state index contributed by atoms with van der Waals surface area (Å²) in [5.74, 6) is -0.252. The number of carbonyl (C=O) groups is 2. The number of aliphatic hydroxyl groups excluding tert-OH is 1. The number of nitrogens with zero attached hydrogens (tertiary/aromatic N) is 3. The molecule has 0 radical (unpaired) electrons. The van der Waals surface area contributed by atoms with Gasteiger partial charge in [-0.15, -0.1) is 0 Å². The summed E-state index contributed by atoms with van der Waals surface area (Å²) < 4.78 is 0. The van der Waals surface area contributed by atoms with Crippen molar-refractivity contribution in [2.24, 2.45) is 0 Å². The van der Waals surface area contributed by atoms with Crippen molar-refractivity contribution in [2.45, 2.75) is 19.8 Å². The minimum absolute atomic E-state index is 0.107. The van der Waals surface area contributed by atoms with Crippen molar-refractivity contribution >= 4 is 34.7 Å². The number of β-amino-alcohol motifs (C(OH)–C–C–N with tert-alkyl or cyclic N) is 1. The van der Waals surface area contributed by atoms with Crippen LogP contribution in [0.1, 0.15) is 30.9 Å². The zero-order valence-corrected chi connectivity index (χ0v) is 19.2. The third kappa shape index (κ3) is 4.31. The van der Waals surface area contributed by atoms with Gasteiger partial charge >= 0.3 is 0 Å². The molecule has 0 atom stereocenters. The number of carbonyl (C=O) groups excluding carboxylic acids is 2.